The highest BCUT2D eigenvalue weighted by Gasteiger charge is 1.91. The number of carboxylic acids is 1. The Morgan fingerprint density at radius 1 is 1.31 bits per heavy atom. The minimum atomic E-state index is -1.00. The fourth-order valence-corrected chi connectivity index (χ4v) is 0.903. The van der Waals surface area contributed by atoms with Gasteiger partial charge in [-0.25, -0.2) is 4.79 Å². The van der Waals surface area contributed by atoms with Crippen LogP contribution >= 0.6 is 0 Å². The smallest absolute Gasteiger partial charge is 0.328 e. The van der Waals surface area contributed by atoms with Crippen molar-refractivity contribution in [3.8, 4) is 0 Å². The summed E-state index contributed by atoms with van der Waals surface area (Å²) < 4.78 is 0. The molecule has 0 spiro atoms. The molecule has 1 aromatic rings. The summed E-state index contributed by atoms with van der Waals surface area (Å²) in [5.74, 6) is -1.00. The largest absolute Gasteiger partial charge is 0.478 e. The van der Waals surface area contributed by atoms with Gasteiger partial charge in [0.15, 0.2) is 0 Å². The fraction of sp³-hybridized carbons (Fsp3) is 0. The van der Waals surface area contributed by atoms with Crippen LogP contribution in [0.2, 0.25) is 0 Å². The standard InChI is InChI=1S/C10H8O3/c11-7-9-3-1-2-8(6-9)4-5-10(12)13/h1-7H,(H,12,13)/b5-4+. The first-order valence-electron chi connectivity index (χ1n) is 3.68. The van der Waals surface area contributed by atoms with Crippen molar-refractivity contribution in [2.45, 2.75) is 0 Å². The lowest BCUT2D eigenvalue weighted by Gasteiger charge is -1.92. The number of hydrogen-bond acceptors (Lipinski definition) is 2. The summed E-state index contributed by atoms with van der Waals surface area (Å²) in [5, 5.41) is 8.34. The highest BCUT2D eigenvalue weighted by atomic mass is 16.4. The Hall–Kier alpha value is -1.90. The van der Waals surface area contributed by atoms with Crippen molar-refractivity contribution in [1.29, 1.82) is 0 Å². The highest BCUT2D eigenvalue weighted by Crippen LogP contribution is 2.04. The fourth-order valence-electron chi connectivity index (χ4n) is 0.903. The van der Waals surface area contributed by atoms with Gasteiger partial charge >= 0.3 is 5.97 Å². The van der Waals surface area contributed by atoms with Gasteiger partial charge in [-0.2, -0.15) is 0 Å². The molecule has 0 saturated heterocycles. The molecule has 66 valence electrons. The number of hydrogen-bond donors (Lipinski definition) is 1. The molecule has 13 heavy (non-hydrogen) atoms. The van der Waals surface area contributed by atoms with Gasteiger partial charge in [0.05, 0.1) is 0 Å². The number of aldehydes is 1. The minimum absolute atomic E-state index is 0.535. The number of carboxylic acid groups (broad SMARTS) is 1. The second kappa shape index (κ2) is 4.21. The van der Waals surface area contributed by atoms with E-state index < -0.39 is 5.97 Å². The molecule has 0 heterocycles. The zero-order chi connectivity index (χ0) is 9.68. The molecule has 3 heteroatoms. The summed E-state index contributed by atoms with van der Waals surface area (Å²) in [6.07, 6.45) is 3.19. The summed E-state index contributed by atoms with van der Waals surface area (Å²) >= 11 is 0. The Balaban J connectivity index is 2.89. The van der Waals surface area contributed by atoms with Crippen molar-refractivity contribution >= 4 is 18.3 Å². The Morgan fingerprint density at radius 3 is 2.62 bits per heavy atom. The Kier molecular flexibility index (Phi) is 2.97. The monoisotopic (exact) mass is 176 g/mol. The molecule has 0 aliphatic carbocycles. The minimum Gasteiger partial charge on any atom is -0.478 e. The number of aliphatic carboxylic acids is 1. The van der Waals surface area contributed by atoms with Gasteiger partial charge in [0.25, 0.3) is 0 Å². The molecule has 0 bridgehead atoms. The summed E-state index contributed by atoms with van der Waals surface area (Å²) in [7, 11) is 0. The van der Waals surface area contributed by atoms with Crippen LogP contribution in [0.3, 0.4) is 0 Å². The topological polar surface area (TPSA) is 54.4 Å². The molecular weight excluding hydrogens is 168 g/mol. The van der Waals surface area contributed by atoms with Crippen LogP contribution in [0, 0.1) is 0 Å². The van der Waals surface area contributed by atoms with E-state index in [0.29, 0.717) is 11.1 Å². The lowest BCUT2D eigenvalue weighted by atomic mass is 10.1. The zero-order valence-electron chi connectivity index (χ0n) is 6.81. The van der Waals surface area contributed by atoms with E-state index in [1.165, 1.54) is 6.08 Å². The molecule has 0 aliphatic heterocycles. The summed E-state index contributed by atoms with van der Waals surface area (Å²) in [6, 6.07) is 6.70. The predicted molar refractivity (Wildman–Crippen MR) is 48.5 cm³/mol. The molecule has 1 aromatic carbocycles. The maximum Gasteiger partial charge on any atom is 0.328 e. The third-order valence-electron chi connectivity index (χ3n) is 1.47. The number of carbonyl (C=O) groups excluding carboxylic acids is 1. The van der Waals surface area contributed by atoms with E-state index >= 15 is 0 Å². The Morgan fingerprint density at radius 2 is 2.00 bits per heavy atom. The molecule has 0 fully saturated rings. The molecule has 0 aromatic heterocycles. The van der Waals surface area contributed by atoms with Crippen LogP contribution in [0.15, 0.2) is 30.3 Å². The second-order valence-electron chi connectivity index (χ2n) is 2.46. The second-order valence-corrected chi connectivity index (χ2v) is 2.46. The van der Waals surface area contributed by atoms with Crippen LogP contribution in [0.4, 0.5) is 0 Å². The van der Waals surface area contributed by atoms with E-state index in [1.54, 1.807) is 24.3 Å². The van der Waals surface area contributed by atoms with Crippen LogP contribution in [0.5, 0.6) is 0 Å². The van der Waals surface area contributed by atoms with Crippen LogP contribution in [-0.2, 0) is 4.79 Å². The highest BCUT2D eigenvalue weighted by molar-refractivity contribution is 5.86. The molecule has 1 rings (SSSR count). The maximum absolute atomic E-state index is 10.4. The van der Waals surface area contributed by atoms with Crippen LogP contribution in [0.25, 0.3) is 6.08 Å². The molecule has 0 aliphatic rings. The van der Waals surface area contributed by atoms with Crippen molar-refractivity contribution < 1.29 is 14.7 Å². The van der Waals surface area contributed by atoms with Gasteiger partial charge in [-0.05, 0) is 17.7 Å². The van der Waals surface area contributed by atoms with Gasteiger partial charge in [0.2, 0.25) is 0 Å². The molecule has 0 amide bonds. The van der Waals surface area contributed by atoms with E-state index in [9.17, 15) is 9.59 Å². The van der Waals surface area contributed by atoms with Crippen molar-refractivity contribution in [3.63, 3.8) is 0 Å². The van der Waals surface area contributed by atoms with Gasteiger partial charge in [-0.15, -0.1) is 0 Å². The van der Waals surface area contributed by atoms with Gasteiger partial charge < -0.3 is 5.11 Å². The van der Waals surface area contributed by atoms with Crippen molar-refractivity contribution in [2.75, 3.05) is 0 Å². The van der Waals surface area contributed by atoms with E-state index in [1.807, 2.05) is 0 Å². The number of carbonyl (C=O) groups is 2. The quantitative estimate of drug-likeness (QED) is 0.562. The molecule has 0 radical (unpaired) electrons. The molecule has 0 saturated carbocycles. The van der Waals surface area contributed by atoms with Crippen molar-refractivity contribution in [2.24, 2.45) is 0 Å². The average molecular weight is 176 g/mol. The van der Waals surface area contributed by atoms with E-state index in [4.69, 9.17) is 5.11 Å². The Labute approximate surface area is 75.3 Å². The first kappa shape index (κ1) is 9.19. The van der Waals surface area contributed by atoms with E-state index in [0.717, 1.165) is 12.4 Å². The van der Waals surface area contributed by atoms with Crippen molar-refractivity contribution in [3.05, 3.63) is 41.5 Å². The van der Waals surface area contributed by atoms with Crippen LogP contribution in [0.1, 0.15) is 15.9 Å². The normalized spacial score (nSPS) is 10.2. The van der Waals surface area contributed by atoms with Gasteiger partial charge in [-0.1, -0.05) is 18.2 Å². The SMILES string of the molecule is O=Cc1cccc(/C=C/C(=O)O)c1. The lowest BCUT2D eigenvalue weighted by molar-refractivity contribution is -0.131. The van der Waals surface area contributed by atoms with Gasteiger partial charge in [-0.3, -0.25) is 4.79 Å². The lowest BCUT2D eigenvalue weighted by Crippen LogP contribution is -1.86. The molecule has 3 nitrogen and oxygen atoms in total. The van der Waals surface area contributed by atoms with Gasteiger partial charge in [0.1, 0.15) is 6.29 Å². The summed E-state index contributed by atoms with van der Waals surface area (Å²) in [6.45, 7) is 0. The van der Waals surface area contributed by atoms with Crippen molar-refractivity contribution in [1.82, 2.24) is 0 Å². The zero-order valence-corrected chi connectivity index (χ0v) is 6.81. The first-order chi connectivity index (χ1) is 6.22. The predicted octanol–water partition coefficient (Wildman–Crippen LogP) is 1.60. The van der Waals surface area contributed by atoms with Gasteiger partial charge in [0, 0.05) is 11.6 Å². The summed E-state index contributed by atoms with van der Waals surface area (Å²) in [4.78, 5) is 20.5. The number of rotatable bonds is 3. The van der Waals surface area contributed by atoms with Crippen LogP contribution in [-0.4, -0.2) is 17.4 Å². The maximum atomic E-state index is 10.4. The molecule has 0 atom stereocenters. The third kappa shape index (κ3) is 2.91. The van der Waals surface area contributed by atoms with E-state index in [2.05, 4.69) is 0 Å². The Bertz CT molecular complexity index is 353. The van der Waals surface area contributed by atoms with E-state index in [-0.39, 0.29) is 0 Å². The molecule has 0 unspecified atom stereocenters. The van der Waals surface area contributed by atoms with Crippen LogP contribution < -0.4 is 0 Å². The summed E-state index contributed by atoms with van der Waals surface area (Å²) in [5.41, 5.74) is 1.24. The average Bonchev–Trinajstić information content (AvgIpc) is 2.15. The third-order valence-corrected chi connectivity index (χ3v) is 1.47. The molecular formula is C10H8O3. The first-order valence-corrected chi connectivity index (χ1v) is 3.68. The molecule has 1 N–H and O–H groups in total. The number of benzene rings is 1.